The summed E-state index contributed by atoms with van der Waals surface area (Å²) < 4.78 is 30.9. The van der Waals surface area contributed by atoms with Crippen molar-refractivity contribution in [3.05, 3.63) is 35.1 Å². The first-order valence-corrected chi connectivity index (χ1v) is 16.4. The summed E-state index contributed by atoms with van der Waals surface area (Å²) >= 11 is 3.40. The molecule has 3 heterocycles. The van der Waals surface area contributed by atoms with Gasteiger partial charge in [-0.15, -0.1) is 0 Å². The maximum Gasteiger partial charge on any atom is 0.244 e. The first-order chi connectivity index (χ1) is 18.9. The van der Waals surface area contributed by atoms with E-state index < -0.39 is 10.0 Å². The van der Waals surface area contributed by atoms with Crippen LogP contribution in [-0.2, 0) is 10.0 Å². The molecule has 39 heavy (non-hydrogen) atoms. The number of nitrogens with one attached hydrogen (secondary N) is 2. The zero-order chi connectivity index (χ0) is 27.0. The molecular formula is C27H37BrN8O2S. The van der Waals surface area contributed by atoms with Gasteiger partial charge < -0.3 is 20.9 Å². The van der Waals surface area contributed by atoms with Gasteiger partial charge in [-0.05, 0) is 79.4 Å². The largest absolute Gasteiger partial charge is 0.365 e. The predicted octanol–water partition coefficient (Wildman–Crippen LogP) is 4.65. The third-order valence-electron chi connectivity index (χ3n) is 8.49. The normalized spacial score (nSPS) is 23.8. The molecule has 0 spiro atoms. The maximum absolute atomic E-state index is 13.3. The zero-order valence-corrected chi connectivity index (χ0v) is 24.5. The Morgan fingerprint density at radius 3 is 2.31 bits per heavy atom. The van der Waals surface area contributed by atoms with E-state index in [4.69, 9.17) is 20.7 Å². The number of aromatic nitrogens is 4. The minimum atomic E-state index is -3.56. The Balaban J connectivity index is 1.21. The van der Waals surface area contributed by atoms with Crippen molar-refractivity contribution >= 4 is 48.9 Å². The van der Waals surface area contributed by atoms with Crippen molar-refractivity contribution in [3.63, 3.8) is 0 Å². The minimum Gasteiger partial charge on any atom is -0.365 e. The van der Waals surface area contributed by atoms with Crippen molar-refractivity contribution < 1.29 is 8.42 Å². The minimum absolute atomic E-state index is 0.0888. The average molecular weight is 618 g/mol. The van der Waals surface area contributed by atoms with Crippen LogP contribution in [-0.4, -0.2) is 63.5 Å². The standard InChI is InChI=1S/C27H37BrN8O2S/c28-22-7-3-4-8-23(22)39(37,38)35-15-13-20(14-16-35)31-25-24-26(36(17-30-24)21-5-1-2-6-21)34-27(33-25)32-19-11-9-18(29)10-12-19/h3-4,7-8,17-21H,1-2,5-6,9-16,29H2,(H2,31,32,33,34)/t18-,19-. The Morgan fingerprint density at radius 2 is 1.59 bits per heavy atom. The Kier molecular flexibility index (Phi) is 7.80. The number of nitrogens with zero attached hydrogens (tertiary/aromatic N) is 5. The molecule has 2 aliphatic carbocycles. The summed E-state index contributed by atoms with van der Waals surface area (Å²) in [4.78, 5) is 14.9. The Bertz CT molecular complexity index is 1410. The highest BCUT2D eigenvalue weighted by Crippen LogP contribution is 2.34. The van der Waals surface area contributed by atoms with Gasteiger partial charge in [0.2, 0.25) is 16.0 Å². The highest BCUT2D eigenvalue weighted by atomic mass is 79.9. The number of fused-ring (bicyclic) bond motifs is 1. The number of anilines is 2. The molecule has 0 bridgehead atoms. The first-order valence-electron chi connectivity index (χ1n) is 14.2. The van der Waals surface area contributed by atoms with E-state index in [1.54, 1.807) is 22.5 Å². The Morgan fingerprint density at radius 1 is 0.897 bits per heavy atom. The van der Waals surface area contributed by atoms with Gasteiger partial charge in [-0.25, -0.2) is 13.4 Å². The van der Waals surface area contributed by atoms with E-state index in [0.29, 0.717) is 53.3 Å². The molecule has 0 unspecified atom stereocenters. The summed E-state index contributed by atoms with van der Waals surface area (Å²) in [6.45, 7) is 0.888. The van der Waals surface area contributed by atoms with Crippen LogP contribution in [0.1, 0.15) is 70.3 Å². The third-order valence-corrected chi connectivity index (χ3v) is 11.4. The third kappa shape index (κ3) is 5.66. The van der Waals surface area contributed by atoms with Gasteiger partial charge in [0, 0.05) is 41.7 Å². The number of rotatable bonds is 7. The van der Waals surface area contributed by atoms with Crippen LogP contribution in [0.5, 0.6) is 0 Å². The molecule has 0 radical (unpaired) electrons. The number of nitrogens with two attached hydrogens (primary N) is 1. The van der Waals surface area contributed by atoms with Gasteiger partial charge >= 0.3 is 0 Å². The van der Waals surface area contributed by atoms with Crippen molar-refractivity contribution in [2.75, 3.05) is 23.7 Å². The monoisotopic (exact) mass is 616 g/mol. The quantitative estimate of drug-likeness (QED) is 0.349. The summed E-state index contributed by atoms with van der Waals surface area (Å²) in [5.41, 5.74) is 7.76. The Hall–Kier alpha value is -2.28. The molecule has 3 fully saturated rings. The summed E-state index contributed by atoms with van der Waals surface area (Å²) in [5.74, 6) is 1.35. The second-order valence-corrected chi connectivity index (χ2v) is 13.9. The fourth-order valence-electron chi connectivity index (χ4n) is 6.20. The van der Waals surface area contributed by atoms with Gasteiger partial charge in [0.25, 0.3) is 0 Å². The van der Waals surface area contributed by atoms with Gasteiger partial charge in [0.05, 0.1) is 11.2 Å². The van der Waals surface area contributed by atoms with Crippen LogP contribution in [0, 0.1) is 0 Å². The van der Waals surface area contributed by atoms with E-state index in [1.807, 2.05) is 12.4 Å². The molecule has 4 N–H and O–H groups in total. The molecule has 2 saturated carbocycles. The van der Waals surface area contributed by atoms with Crippen LogP contribution >= 0.6 is 15.9 Å². The number of hydrogen-bond acceptors (Lipinski definition) is 8. The highest BCUT2D eigenvalue weighted by Gasteiger charge is 2.31. The molecule has 2 aromatic heterocycles. The summed E-state index contributed by atoms with van der Waals surface area (Å²) in [5, 5.41) is 7.20. The van der Waals surface area contributed by atoms with Crippen molar-refractivity contribution in [1.82, 2.24) is 23.8 Å². The molecule has 1 saturated heterocycles. The van der Waals surface area contributed by atoms with Crippen LogP contribution in [0.15, 0.2) is 40.0 Å². The van der Waals surface area contributed by atoms with E-state index in [0.717, 1.165) is 55.5 Å². The summed E-state index contributed by atoms with van der Waals surface area (Å²) in [6, 6.07) is 8.09. The fourth-order valence-corrected chi connectivity index (χ4v) is 8.64. The van der Waals surface area contributed by atoms with Crippen LogP contribution in [0.3, 0.4) is 0 Å². The summed E-state index contributed by atoms with van der Waals surface area (Å²) in [6.07, 6.45) is 12.1. The molecule has 3 aliphatic rings. The van der Waals surface area contributed by atoms with Crippen molar-refractivity contribution in [3.8, 4) is 0 Å². The van der Waals surface area contributed by atoms with Gasteiger partial charge in [-0.1, -0.05) is 25.0 Å². The lowest BCUT2D eigenvalue weighted by Crippen LogP contribution is -2.42. The van der Waals surface area contributed by atoms with E-state index in [-0.39, 0.29) is 12.1 Å². The average Bonchev–Trinajstić information content (AvgIpc) is 3.61. The number of imidazole rings is 1. The van der Waals surface area contributed by atoms with Gasteiger partial charge in [-0.3, -0.25) is 0 Å². The van der Waals surface area contributed by atoms with Gasteiger partial charge in [-0.2, -0.15) is 14.3 Å². The lowest BCUT2D eigenvalue weighted by molar-refractivity contribution is 0.329. The molecule has 0 atom stereocenters. The SMILES string of the molecule is N[C@H]1CC[C@H](Nc2nc(NC3CCN(S(=O)(=O)c4ccccc4Br)CC3)c3ncn(C4CCCC4)c3n2)CC1. The van der Waals surface area contributed by atoms with Crippen LogP contribution in [0.4, 0.5) is 11.8 Å². The molecule has 10 nitrogen and oxygen atoms in total. The van der Waals surface area contributed by atoms with E-state index in [1.165, 1.54) is 12.8 Å². The molecule has 1 aliphatic heterocycles. The Labute approximate surface area is 238 Å². The molecule has 3 aromatic rings. The number of hydrogen-bond donors (Lipinski definition) is 3. The van der Waals surface area contributed by atoms with Crippen molar-refractivity contribution in [2.24, 2.45) is 5.73 Å². The molecule has 210 valence electrons. The maximum atomic E-state index is 13.3. The van der Waals surface area contributed by atoms with E-state index >= 15 is 0 Å². The van der Waals surface area contributed by atoms with Gasteiger partial charge in [0.15, 0.2) is 17.0 Å². The molecule has 0 amide bonds. The van der Waals surface area contributed by atoms with Crippen molar-refractivity contribution in [2.45, 2.75) is 93.3 Å². The molecule has 6 rings (SSSR count). The number of sulfonamides is 1. The van der Waals surface area contributed by atoms with Crippen LogP contribution in [0.25, 0.3) is 11.2 Å². The second kappa shape index (κ2) is 11.3. The van der Waals surface area contributed by atoms with Gasteiger partial charge in [0.1, 0.15) is 0 Å². The zero-order valence-electron chi connectivity index (χ0n) is 22.1. The summed E-state index contributed by atoms with van der Waals surface area (Å²) in [7, 11) is -3.56. The van der Waals surface area contributed by atoms with E-state index in [9.17, 15) is 8.42 Å². The molecular weight excluding hydrogens is 580 g/mol. The molecule has 1 aromatic carbocycles. The lowest BCUT2D eigenvalue weighted by Gasteiger charge is -2.32. The predicted molar refractivity (Wildman–Crippen MR) is 156 cm³/mol. The van der Waals surface area contributed by atoms with Crippen LogP contribution in [0.2, 0.25) is 0 Å². The highest BCUT2D eigenvalue weighted by molar-refractivity contribution is 9.10. The number of benzene rings is 1. The lowest BCUT2D eigenvalue weighted by atomic mass is 9.92. The topological polar surface area (TPSA) is 131 Å². The van der Waals surface area contributed by atoms with Crippen molar-refractivity contribution in [1.29, 1.82) is 0 Å². The number of halogens is 1. The van der Waals surface area contributed by atoms with E-state index in [2.05, 4.69) is 31.1 Å². The fraction of sp³-hybridized carbons (Fsp3) is 0.593. The first kappa shape index (κ1) is 26.9. The molecule has 12 heteroatoms. The smallest absolute Gasteiger partial charge is 0.244 e. The van der Waals surface area contributed by atoms with Crippen LogP contribution < -0.4 is 16.4 Å². The second-order valence-electron chi connectivity index (χ2n) is 11.2. The number of piperidine rings is 1.